The summed E-state index contributed by atoms with van der Waals surface area (Å²) in [5.74, 6) is -1.96. The number of hydrogen-bond acceptors (Lipinski definition) is 7. The minimum absolute atomic E-state index is 0.000661. The number of benzene rings is 1. The van der Waals surface area contributed by atoms with Crippen LogP contribution < -0.4 is 5.32 Å². The Balaban J connectivity index is 2.34. The molecule has 1 N–H and O–H groups in total. The number of ether oxygens (including phenoxy) is 2. The number of hydrogen-bond donors (Lipinski definition) is 1. The molecule has 0 aliphatic carbocycles. The van der Waals surface area contributed by atoms with Crippen molar-refractivity contribution in [1.82, 2.24) is 5.32 Å². The van der Waals surface area contributed by atoms with Crippen molar-refractivity contribution in [3.8, 4) is 0 Å². The van der Waals surface area contributed by atoms with Crippen LogP contribution in [0.25, 0.3) is 0 Å². The summed E-state index contributed by atoms with van der Waals surface area (Å²) in [5, 5.41) is 14.4. The largest absolute Gasteiger partial charge is 0.462 e. The molecule has 1 aliphatic heterocycles. The molecule has 0 fully saturated rings. The van der Waals surface area contributed by atoms with Crippen molar-refractivity contribution in [2.45, 2.75) is 65.2 Å². The maximum absolute atomic E-state index is 13.2. The van der Waals surface area contributed by atoms with Gasteiger partial charge in [0, 0.05) is 23.5 Å². The minimum atomic E-state index is -0.874. The lowest BCUT2D eigenvalue weighted by Gasteiger charge is -2.30. The van der Waals surface area contributed by atoms with Gasteiger partial charge in [-0.2, -0.15) is 0 Å². The maximum atomic E-state index is 13.2. The molecule has 0 amide bonds. The number of halogens is 1. The van der Waals surface area contributed by atoms with Gasteiger partial charge in [-0.25, -0.2) is 9.59 Å². The predicted molar refractivity (Wildman–Crippen MR) is 130 cm³/mol. The molecular formula is C25H33ClN2O6. The molecule has 9 heteroatoms. The van der Waals surface area contributed by atoms with Gasteiger partial charge in [0.05, 0.1) is 34.5 Å². The quantitative estimate of drug-likeness (QED) is 0.127. The third-order valence-corrected chi connectivity index (χ3v) is 5.81. The number of carbonyl (C=O) groups excluding carboxylic acids is 2. The first-order valence-electron chi connectivity index (χ1n) is 11.6. The number of unbranched alkanes of at least 4 members (excludes halogenated alkanes) is 5. The molecule has 0 aromatic heterocycles. The number of nitro groups is 1. The van der Waals surface area contributed by atoms with E-state index in [9.17, 15) is 19.7 Å². The van der Waals surface area contributed by atoms with E-state index in [0.717, 1.165) is 32.1 Å². The molecule has 0 saturated carbocycles. The molecule has 1 aliphatic rings. The van der Waals surface area contributed by atoms with E-state index < -0.39 is 22.8 Å². The Morgan fingerprint density at radius 2 is 1.59 bits per heavy atom. The number of carbonyl (C=O) groups is 2. The zero-order valence-corrected chi connectivity index (χ0v) is 20.8. The highest BCUT2D eigenvalue weighted by Gasteiger charge is 2.38. The van der Waals surface area contributed by atoms with Crippen LogP contribution in [-0.2, 0) is 19.1 Å². The Kier molecular flexibility index (Phi) is 11.1. The highest BCUT2D eigenvalue weighted by atomic mass is 35.5. The number of alkyl halides is 1. The predicted octanol–water partition coefficient (Wildman–Crippen LogP) is 5.52. The van der Waals surface area contributed by atoms with Crippen molar-refractivity contribution >= 4 is 29.2 Å². The third kappa shape index (κ3) is 7.32. The molecular weight excluding hydrogens is 460 g/mol. The van der Waals surface area contributed by atoms with E-state index >= 15 is 0 Å². The lowest BCUT2D eigenvalue weighted by atomic mass is 9.80. The number of allylic oxidation sites excluding steroid dienone is 2. The van der Waals surface area contributed by atoms with Crippen LogP contribution in [0.4, 0.5) is 5.69 Å². The van der Waals surface area contributed by atoms with Crippen LogP contribution in [0.2, 0.25) is 0 Å². The van der Waals surface area contributed by atoms with Crippen LogP contribution >= 0.6 is 11.6 Å². The van der Waals surface area contributed by atoms with Crippen molar-refractivity contribution < 1.29 is 24.0 Å². The fraction of sp³-hybridized carbons (Fsp3) is 0.520. The maximum Gasteiger partial charge on any atom is 0.336 e. The number of non-ortho nitro benzene ring substituents is 1. The molecule has 1 atom stereocenters. The second kappa shape index (κ2) is 13.7. The molecule has 186 valence electrons. The molecule has 8 nitrogen and oxygen atoms in total. The third-order valence-electron chi connectivity index (χ3n) is 5.66. The number of nitrogens with zero attached hydrogens (tertiary/aromatic N) is 1. The van der Waals surface area contributed by atoms with Crippen molar-refractivity contribution in [2.75, 3.05) is 19.1 Å². The lowest BCUT2D eigenvalue weighted by molar-refractivity contribution is -0.384. The standard InChI is InChI=1S/C25H33ClN2O6/c1-4-5-6-7-8-9-14-33-24(29)21-17(2)27-18(3)22(25(30)34-15-13-26)23(21)19-11-10-12-20(16-19)28(31)32/h10-12,16,23,27H,4-9,13-15H2,1-3H3. The van der Waals surface area contributed by atoms with Gasteiger partial charge in [0.2, 0.25) is 0 Å². The summed E-state index contributed by atoms with van der Waals surface area (Å²) in [6, 6.07) is 5.91. The van der Waals surface area contributed by atoms with Crippen LogP contribution in [0.3, 0.4) is 0 Å². The summed E-state index contributed by atoms with van der Waals surface area (Å²) in [6.45, 7) is 5.83. The van der Waals surface area contributed by atoms with Crippen LogP contribution in [0.1, 0.15) is 70.8 Å². The van der Waals surface area contributed by atoms with Gasteiger partial charge in [0.15, 0.2) is 0 Å². The fourth-order valence-electron chi connectivity index (χ4n) is 4.02. The topological polar surface area (TPSA) is 108 Å². The van der Waals surface area contributed by atoms with Gasteiger partial charge in [0.25, 0.3) is 5.69 Å². The molecule has 1 heterocycles. The molecule has 0 radical (unpaired) electrons. The first-order chi connectivity index (χ1) is 16.3. The zero-order valence-electron chi connectivity index (χ0n) is 20.0. The van der Waals surface area contributed by atoms with E-state index in [-0.39, 0.29) is 35.9 Å². The Bertz CT molecular complexity index is 956. The number of dihydropyridines is 1. The van der Waals surface area contributed by atoms with Crippen LogP contribution in [-0.4, -0.2) is 36.0 Å². The average molecular weight is 493 g/mol. The highest BCUT2D eigenvalue weighted by Crippen LogP contribution is 2.40. The lowest BCUT2D eigenvalue weighted by Crippen LogP contribution is -2.32. The molecule has 1 unspecified atom stereocenters. The van der Waals surface area contributed by atoms with Gasteiger partial charge in [-0.05, 0) is 25.8 Å². The Morgan fingerprint density at radius 1 is 1.00 bits per heavy atom. The fourth-order valence-corrected chi connectivity index (χ4v) is 4.10. The Hall–Kier alpha value is -2.87. The normalized spacial score (nSPS) is 15.7. The molecule has 34 heavy (non-hydrogen) atoms. The molecule has 0 bridgehead atoms. The second-order valence-corrected chi connectivity index (χ2v) is 8.59. The highest BCUT2D eigenvalue weighted by molar-refractivity contribution is 6.18. The first-order valence-corrected chi connectivity index (χ1v) is 12.2. The van der Waals surface area contributed by atoms with Crippen molar-refractivity contribution in [1.29, 1.82) is 0 Å². The molecule has 1 aromatic carbocycles. The minimum Gasteiger partial charge on any atom is -0.462 e. The van der Waals surface area contributed by atoms with Crippen LogP contribution in [0.5, 0.6) is 0 Å². The van der Waals surface area contributed by atoms with Crippen molar-refractivity contribution in [2.24, 2.45) is 0 Å². The zero-order chi connectivity index (χ0) is 25.1. The van der Waals surface area contributed by atoms with E-state index in [1.165, 1.54) is 24.6 Å². The van der Waals surface area contributed by atoms with E-state index in [1.807, 2.05) is 0 Å². The molecule has 1 aromatic rings. The summed E-state index contributed by atoms with van der Waals surface area (Å²) in [4.78, 5) is 37.0. The summed E-state index contributed by atoms with van der Waals surface area (Å²) < 4.78 is 10.8. The van der Waals surface area contributed by atoms with E-state index in [1.54, 1.807) is 19.9 Å². The summed E-state index contributed by atoms with van der Waals surface area (Å²) in [6.07, 6.45) is 6.31. The molecule has 0 spiro atoms. The van der Waals surface area contributed by atoms with E-state index in [2.05, 4.69) is 12.2 Å². The molecule has 2 rings (SSSR count). The van der Waals surface area contributed by atoms with Gasteiger partial charge < -0.3 is 14.8 Å². The molecule has 0 saturated heterocycles. The van der Waals surface area contributed by atoms with Gasteiger partial charge in [-0.1, -0.05) is 51.2 Å². The SMILES string of the molecule is CCCCCCCCOC(=O)C1=C(C)NC(C)=C(C(=O)OCCCl)C1c1cccc([N+](=O)[O-])c1. The summed E-state index contributed by atoms with van der Waals surface area (Å²) in [7, 11) is 0. The van der Waals surface area contributed by atoms with E-state index in [4.69, 9.17) is 21.1 Å². The van der Waals surface area contributed by atoms with Gasteiger partial charge in [-0.3, -0.25) is 10.1 Å². The number of nitro benzene ring substituents is 1. The monoisotopic (exact) mass is 492 g/mol. The first kappa shape index (κ1) is 27.4. The Morgan fingerprint density at radius 3 is 2.18 bits per heavy atom. The van der Waals surface area contributed by atoms with Crippen LogP contribution in [0.15, 0.2) is 46.8 Å². The van der Waals surface area contributed by atoms with Crippen molar-refractivity contribution in [3.63, 3.8) is 0 Å². The Labute approximate surface area is 205 Å². The number of rotatable bonds is 13. The second-order valence-electron chi connectivity index (χ2n) is 8.22. The van der Waals surface area contributed by atoms with Gasteiger partial charge in [0.1, 0.15) is 6.61 Å². The smallest absolute Gasteiger partial charge is 0.336 e. The number of nitrogens with one attached hydrogen (secondary N) is 1. The van der Waals surface area contributed by atoms with E-state index in [0.29, 0.717) is 17.0 Å². The van der Waals surface area contributed by atoms with Gasteiger partial charge in [-0.15, -0.1) is 11.6 Å². The summed E-state index contributed by atoms with van der Waals surface area (Å²) >= 11 is 5.68. The van der Waals surface area contributed by atoms with Crippen molar-refractivity contribution in [3.05, 3.63) is 62.5 Å². The summed E-state index contributed by atoms with van der Waals surface area (Å²) in [5.41, 5.74) is 1.74. The van der Waals surface area contributed by atoms with Gasteiger partial charge >= 0.3 is 11.9 Å². The number of esters is 2. The average Bonchev–Trinajstić information content (AvgIpc) is 2.81. The van der Waals surface area contributed by atoms with Crippen LogP contribution in [0, 0.1) is 10.1 Å².